The Morgan fingerprint density at radius 3 is 2.47 bits per heavy atom. The van der Waals surface area contributed by atoms with Gasteiger partial charge in [0.2, 0.25) is 0 Å². The van der Waals surface area contributed by atoms with Crippen LogP contribution in [0, 0.1) is 5.41 Å². The monoisotopic (exact) mass is 224 g/mol. The Bertz CT molecular complexity index is 197. The highest BCUT2D eigenvalue weighted by Gasteiger charge is 2.36. The molecule has 0 saturated carbocycles. The number of hydrogen-bond donors (Lipinski definition) is 1. The lowest BCUT2D eigenvalue weighted by atomic mass is 9.84. The molecule has 1 aliphatic rings. The third-order valence-electron chi connectivity index (χ3n) is 3.14. The van der Waals surface area contributed by atoms with E-state index >= 15 is 0 Å². The van der Waals surface area contributed by atoms with Gasteiger partial charge in [-0.2, -0.15) is 13.2 Å². The molecule has 1 heterocycles. The van der Waals surface area contributed by atoms with E-state index in [2.05, 4.69) is 12.2 Å². The highest BCUT2D eigenvalue weighted by Crippen LogP contribution is 2.30. The molecule has 0 aromatic rings. The average Bonchev–Trinajstić information content (AvgIpc) is 2.50. The summed E-state index contributed by atoms with van der Waals surface area (Å²) in [4.78, 5) is 1.39. The lowest BCUT2D eigenvalue weighted by molar-refractivity contribution is -0.145. The molecule has 0 aromatic heterocycles. The molecule has 1 atom stereocenters. The van der Waals surface area contributed by atoms with Gasteiger partial charge in [0.15, 0.2) is 0 Å². The van der Waals surface area contributed by atoms with Crippen LogP contribution in [0.1, 0.15) is 19.8 Å². The molecule has 90 valence electrons. The number of alkyl halides is 3. The van der Waals surface area contributed by atoms with E-state index in [1.807, 2.05) is 0 Å². The fraction of sp³-hybridized carbons (Fsp3) is 1.00. The van der Waals surface area contributed by atoms with E-state index in [-0.39, 0.29) is 5.41 Å². The van der Waals surface area contributed by atoms with Gasteiger partial charge in [0, 0.05) is 13.1 Å². The molecule has 0 spiro atoms. The predicted molar refractivity (Wildman–Crippen MR) is 53.8 cm³/mol. The van der Waals surface area contributed by atoms with Crippen LogP contribution >= 0.6 is 0 Å². The normalized spacial score (nSPS) is 27.6. The highest BCUT2D eigenvalue weighted by molar-refractivity contribution is 4.89. The fourth-order valence-electron chi connectivity index (χ4n) is 2.28. The average molecular weight is 224 g/mol. The molecular weight excluding hydrogens is 205 g/mol. The van der Waals surface area contributed by atoms with Crippen molar-refractivity contribution in [3.05, 3.63) is 0 Å². The Labute approximate surface area is 88.8 Å². The zero-order valence-electron chi connectivity index (χ0n) is 9.32. The van der Waals surface area contributed by atoms with E-state index in [0.717, 1.165) is 25.9 Å². The van der Waals surface area contributed by atoms with Gasteiger partial charge in [-0.3, -0.25) is 4.90 Å². The van der Waals surface area contributed by atoms with Crippen molar-refractivity contribution < 1.29 is 13.2 Å². The van der Waals surface area contributed by atoms with E-state index in [0.29, 0.717) is 6.54 Å². The SMILES string of the molecule is CCC1(CN(C)CC(F)(F)F)CCNC1. The topological polar surface area (TPSA) is 15.3 Å². The molecular formula is C10H19F3N2. The van der Waals surface area contributed by atoms with Crippen molar-refractivity contribution in [3.8, 4) is 0 Å². The molecule has 5 heteroatoms. The van der Waals surface area contributed by atoms with Crippen molar-refractivity contribution in [3.63, 3.8) is 0 Å². The van der Waals surface area contributed by atoms with Crippen molar-refractivity contribution in [2.24, 2.45) is 5.41 Å². The van der Waals surface area contributed by atoms with Crippen LogP contribution in [-0.4, -0.2) is 44.3 Å². The zero-order chi connectivity index (χ0) is 11.5. The summed E-state index contributed by atoms with van der Waals surface area (Å²) in [5.74, 6) is 0. The van der Waals surface area contributed by atoms with Gasteiger partial charge in [0.05, 0.1) is 6.54 Å². The van der Waals surface area contributed by atoms with Gasteiger partial charge in [-0.25, -0.2) is 0 Å². The van der Waals surface area contributed by atoms with E-state index in [1.165, 1.54) is 4.90 Å². The summed E-state index contributed by atoms with van der Waals surface area (Å²) in [6.45, 7) is 3.53. The molecule has 1 fully saturated rings. The molecule has 0 radical (unpaired) electrons. The Morgan fingerprint density at radius 1 is 1.40 bits per heavy atom. The highest BCUT2D eigenvalue weighted by atomic mass is 19.4. The van der Waals surface area contributed by atoms with Crippen LogP contribution in [0.25, 0.3) is 0 Å². The quantitative estimate of drug-likeness (QED) is 0.784. The molecule has 0 bridgehead atoms. The Morgan fingerprint density at radius 2 is 2.07 bits per heavy atom. The maximum absolute atomic E-state index is 12.2. The smallest absolute Gasteiger partial charge is 0.316 e. The number of halogens is 3. The maximum Gasteiger partial charge on any atom is 0.401 e. The minimum absolute atomic E-state index is 0.0417. The van der Waals surface area contributed by atoms with Crippen molar-refractivity contribution in [2.45, 2.75) is 25.9 Å². The molecule has 2 nitrogen and oxygen atoms in total. The van der Waals surface area contributed by atoms with Crippen LogP contribution in [0.4, 0.5) is 13.2 Å². The van der Waals surface area contributed by atoms with Gasteiger partial charge in [-0.05, 0) is 31.8 Å². The third-order valence-corrected chi connectivity index (χ3v) is 3.14. The minimum Gasteiger partial charge on any atom is -0.316 e. The van der Waals surface area contributed by atoms with Crippen LogP contribution in [0.2, 0.25) is 0 Å². The minimum atomic E-state index is -4.09. The lowest BCUT2D eigenvalue weighted by Crippen LogP contribution is -2.41. The van der Waals surface area contributed by atoms with Crippen molar-refractivity contribution >= 4 is 0 Å². The van der Waals surface area contributed by atoms with Crippen LogP contribution < -0.4 is 5.32 Å². The van der Waals surface area contributed by atoms with E-state index in [4.69, 9.17) is 0 Å². The van der Waals surface area contributed by atoms with Crippen molar-refractivity contribution in [2.75, 3.05) is 33.2 Å². The molecule has 0 aromatic carbocycles. The summed E-state index contributed by atoms with van der Waals surface area (Å²) in [5.41, 5.74) is 0.0417. The van der Waals surface area contributed by atoms with Gasteiger partial charge in [0.1, 0.15) is 0 Å². The maximum atomic E-state index is 12.2. The summed E-state index contributed by atoms with van der Waals surface area (Å²) in [6, 6.07) is 0. The largest absolute Gasteiger partial charge is 0.401 e. The summed E-state index contributed by atoms with van der Waals surface area (Å²) >= 11 is 0. The first-order chi connectivity index (χ1) is 6.87. The summed E-state index contributed by atoms with van der Waals surface area (Å²) < 4.78 is 36.5. The summed E-state index contributed by atoms with van der Waals surface area (Å²) in [5, 5.41) is 3.22. The van der Waals surface area contributed by atoms with E-state index < -0.39 is 12.7 Å². The second-order valence-electron chi connectivity index (χ2n) is 4.57. The third kappa shape index (κ3) is 3.99. The van der Waals surface area contributed by atoms with Gasteiger partial charge >= 0.3 is 6.18 Å². The zero-order valence-corrected chi connectivity index (χ0v) is 9.32. The van der Waals surface area contributed by atoms with Crippen LogP contribution in [0.15, 0.2) is 0 Å². The van der Waals surface area contributed by atoms with Crippen LogP contribution in [-0.2, 0) is 0 Å². The molecule has 15 heavy (non-hydrogen) atoms. The van der Waals surface area contributed by atoms with Crippen molar-refractivity contribution in [1.82, 2.24) is 10.2 Å². The van der Waals surface area contributed by atoms with Crippen LogP contribution in [0.3, 0.4) is 0 Å². The Hall–Kier alpha value is -0.290. The first-order valence-corrected chi connectivity index (χ1v) is 5.33. The van der Waals surface area contributed by atoms with Gasteiger partial charge in [-0.1, -0.05) is 6.92 Å². The first kappa shape index (κ1) is 12.8. The van der Waals surface area contributed by atoms with E-state index in [1.54, 1.807) is 7.05 Å². The second-order valence-corrected chi connectivity index (χ2v) is 4.57. The first-order valence-electron chi connectivity index (χ1n) is 5.33. The summed E-state index contributed by atoms with van der Waals surface area (Å²) in [6.07, 6.45) is -2.18. The summed E-state index contributed by atoms with van der Waals surface area (Å²) in [7, 11) is 1.54. The lowest BCUT2D eigenvalue weighted by Gasteiger charge is -2.32. The molecule has 1 saturated heterocycles. The number of hydrogen-bond acceptors (Lipinski definition) is 2. The Kier molecular flexibility index (Phi) is 4.00. The number of nitrogens with one attached hydrogen (secondary N) is 1. The molecule has 1 unspecified atom stereocenters. The van der Waals surface area contributed by atoms with Crippen molar-refractivity contribution in [1.29, 1.82) is 0 Å². The number of nitrogens with zero attached hydrogens (tertiary/aromatic N) is 1. The molecule has 1 N–H and O–H groups in total. The standard InChI is InChI=1S/C10H19F3N2/c1-3-9(4-5-14-6-9)7-15(2)8-10(11,12)13/h14H,3-8H2,1-2H3. The van der Waals surface area contributed by atoms with Gasteiger partial charge in [0.25, 0.3) is 0 Å². The molecule has 1 aliphatic heterocycles. The molecule has 0 amide bonds. The second kappa shape index (κ2) is 4.70. The van der Waals surface area contributed by atoms with Crippen LogP contribution in [0.5, 0.6) is 0 Å². The number of rotatable bonds is 4. The van der Waals surface area contributed by atoms with E-state index in [9.17, 15) is 13.2 Å². The Balaban J connectivity index is 2.45. The van der Waals surface area contributed by atoms with Gasteiger partial charge in [-0.15, -0.1) is 0 Å². The molecule has 1 rings (SSSR count). The molecule has 0 aliphatic carbocycles. The predicted octanol–water partition coefficient (Wildman–Crippen LogP) is 1.87. The fourth-order valence-corrected chi connectivity index (χ4v) is 2.28. The van der Waals surface area contributed by atoms with Gasteiger partial charge < -0.3 is 5.32 Å².